The summed E-state index contributed by atoms with van der Waals surface area (Å²) in [6, 6.07) is 2.60. The van der Waals surface area contributed by atoms with Crippen molar-refractivity contribution in [2.24, 2.45) is 0 Å². The lowest BCUT2D eigenvalue weighted by atomic mass is 10.2. The van der Waals surface area contributed by atoms with Crippen molar-refractivity contribution in [1.82, 2.24) is 10.4 Å². The molecule has 0 aliphatic rings. The number of rotatable bonds is 3. The number of nitrogens with zero attached hydrogens (tertiary/aromatic N) is 2. The van der Waals surface area contributed by atoms with Crippen LogP contribution < -0.4 is 5.43 Å². The summed E-state index contributed by atoms with van der Waals surface area (Å²) >= 11 is 0. The lowest BCUT2D eigenvalue weighted by Crippen LogP contribution is -2.43. The number of hydrogen-bond donors (Lipinski definition) is 1. The van der Waals surface area contributed by atoms with Gasteiger partial charge in [-0.1, -0.05) is 0 Å². The highest BCUT2D eigenvalue weighted by molar-refractivity contribution is 5.95. The van der Waals surface area contributed by atoms with Gasteiger partial charge in [0.1, 0.15) is 5.82 Å². The second kappa shape index (κ2) is 6.45. The maximum atomic E-state index is 13.6. The van der Waals surface area contributed by atoms with Gasteiger partial charge in [0.25, 0.3) is 11.6 Å². The number of hydrazine groups is 1. The van der Waals surface area contributed by atoms with Crippen molar-refractivity contribution in [2.45, 2.75) is 6.92 Å². The monoisotopic (exact) mass is 285 g/mol. The fourth-order valence-electron chi connectivity index (χ4n) is 1.32. The molecule has 0 bridgehead atoms. The molecule has 0 aromatic heterocycles. The Hall–Kier alpha value is -2.71. The maximum Gasteiger partial charge on any atom is 0.426 e. The molecule has 0 aliphatic carbocycles. The molecular weight excluding hydrogens is 273 g/mol. The molecule has 0 unspecified atom stereocenters. The van der Waals surface area contributed by atoms with Crippen LogP contribution in [0.15, 0.2) is 18.2 Å². The van der Waals surface area contributed by atoms with Crippen LogP contribution in [0, 0.1) is 15.9 Å². The number of ether oxygens (including phenoxy) is 1. The average Bonchev–Trinajstić information content (AvgIpc) is 2.37. The average molecular weight is 285 g/mol. The fourth-order valence-corrected chi connectivity index (χ4v) is 1.32. The molecule has 8 nitrogen and oxygen atoms in total. The quantitative estimate of drug-likeness (QED) is 0.669. The van der Waals surface area contributed by atoms with E-state index in [1.807, 2.05) is 0 Å². The van der Waals surface area contributed by atoms with Gasteiger partial charge < -0.3 is 4.74 Å². The van der Waals surface area contributed by atoms with Crippen molar-refractivity contribution >= 4 is 17.7 Å². The Morgan fingerprint density at radius 3 is 2.65 bits per heavy atom. The molecule has 0 radical (unpaired) electrons. The van der Waals surface area contributed by atoms with Gasteiger partial charge in [-0.05, 0) is 13.0 Å². The van der Waals surface area contributed by atoms with Gasteiger partial charge in [-0.2, -0.15) is 0 Å². The van der Waals surface area contributed by atoms with Gasteiger partial charge in [-0.15, -0.1) is 0 Å². The summed E-state index contributed by atoms with van der Waals surface area (Å²) in [4.78, 5) is 32.6. The Balaban J connectivity index is 2.86. The number of benzene rings is 1. The van der Waals surface area contributed by atoms with Crippen LogP contribution in [0.5, 0.6) is 0 Å². The Kier molecular flexibility index (Phi) is 4.95. The molecule has 0 aliphatic heterocycles. The van der Waals surface area contributed by atoms with Gasteiger partial charge >= 0.3 is 6.09 Å². The molecule has 0 atom stereocenters. The first-order chi connectivity index (χ1) is 9.36. The molecule has 20 heavy (non-hydrogen) atoms. The van der Waals surface area contributed by atoms with E-state index in [9.17, 15) is 24.1 Å². The number of amides is 2. The third-order valence-electron chi connectivity index (χ3n) is 2.23. The number of carbonyl (C=O) groups is 2. The minimum atomic E-state index is -1.05. The number of nitrogens with one attached hydrogen (secondary N) is 1. The highest BCUT2D eigenvalue weighted by Gasteiger charge is 2.20. The van der Waals surface area contributed by atoms with Crippen LogP contribution in [0.2, 0.25) is 0 Å². The fraction of sp³-hybridized carbons (Fsp3) is 0.273. The number of carbonyl (C=O) groups excluding carboxylic acids is 2. The molecule has 0 heterocycles. The molecular formula is C11H12FN3O5. The summed E-state index contributed by atoms with van der Waals surface area (Å²) in [6.45, 7) is 1.69. The summed E-state index contributed by atoms with van der Waals surface area (Å²) in [5.74, 6) is -1.92. The second-order valence-corrected chi connectivity index (χ2v) is 3.62. The molecule has 0 fully saturated rings. The standard InChI is InChI=1S/C11H12FN3O5/c1-3-20-11(17)13-14(2)10(16)8-5-4-7(15(18)19)6-9(8)12/h4-6H,3H2,1-2H3,(H,13,17). The molecule has 0 saturated carbocycles. The van der Waals surface area contributed by atoms with Crippen LogP contribution in [0.25, 0.3) is 0 Å². The van der Waals surface area contributed by atoms with E-state index in [1.165, 1.54) is 7.05 Å². The van der Waals surface area contributed by atoms with Crippen molar-refractivity contribution < 1.29 is 23.6 Å². The Morgan fingerprint density at radius 1 is 1.50 bits per heavy atom. The van der Waals surface area contributed by atoms with Gasteiger partial charge in [0.05, 0.1) is 23.2 Å². The normalized spacial score (nSPS) is 9.75. The zero-order chi connectivity index (χ0) is 15.3. The van der Waals surface area contributed by atoms with E-state index in [2.05, 4.69) is 10.2 Å². The summed E-state index contributed by atoms with van der Waals surface area (Å²) in [5, 5.41) is 11.2. The van der Waals surface area contributed by atoms with E-state index in [1.54, 1.807) is 6.92 Å². The second-order valence-electron chi connectivity index (χ2n) is 3.62. The molecule has 1 aromatic carbocycles. The highest BCUT2D eigenvalue weighted by atomic mass is 19.1. The summed E-state index contributed by atoms with van der Waals surface area (Å²) < 4.78 is 18.2. The zero-order valence-corrected chi connectivity index (χ0v) is 10.8. The summed E-state index contributed by atoms with van der Waals surface area (Å²) in [7, 11) is 1.19. The molecule has 108 valence electrons. The van der Waals surface area contributed by atoms with Crippen LogP contribution in [-0.2, 0) is 4.74 Å². The van der Waals surface area contributed by atoms with Crippen molar-refractivity contribution in [3.05, 3.63) is 39.7 Å². The number of nitro groups is 1. The predicted molar refractivity (Wildman–Crippen MR) is 65.3 cm³/mol. The molecule has 0 spiro atoms. The van der Waals surface area contributed by atoms with Crippen LogP contribution >= 0.6 is 0 Å². The Bertz CT molecular complexity index is 549. The van der Waals surface area contributed by atoms with Crippen molar-refractivity contribution in [3.63, 3.8) is 0 Å². The number of halogens is 1. The number of nitro benzene ring substituents is 1. The minimum Gasteiger partial charge on any atom is -0.449 e. The lowest BCUT2D eigenvalue weighted by Gasteiger charge is -2.17. The SMILES string of the molecule is CCOC(=O)NN(C)C(=O)c1ccc([N+](=O)[O-])cc1F. The highest BCUT2D eigenvalue weighted by Crippen LogP contribution is 2.17. The lowest BCUT2D eigenvalue weighted by molar-refractivity contribution is -0.385. The molecule has 1 N–H and O–H groups in total. The van der Waals surface area contributed by atoms with E-state index in [0.29, 0.717) is 6.07 Å². The van der Waals surface area contributed by atoms with Crippen LogP contribution in [0.4, 0.5) is 14.9 Å². The number of non-ortho nitro benzene ring substituents is 1. The first-order valence-corrected chi connectivity index (χ1v) is 5.52. The van der Waals surface area contributed by atoms with E-state index >= 15 is 0 Å². The summed E-state index contributed by atoms with van der Waals surface area (Å²) in [5.41, 5.74) is 1.19. The van der Waals surface area contributed by atoms with Crippen molar-refractivity contribution in [3.8, 4) is 0 Å². The predicted octanol–water partition coefficient (Wildman–Crippen LogP) is 1.47. The van der Waals surface area contributed by atoms with Gasteiger partial charge in [-0.3, -0.25) is 19.9 Å². The van der Waals surface area contributed by atoms with E-state index < -0.39 is 34.0 Å². The van der Waals surface area contributed by atoms with Gasteiger partial charge in [0, 0.05) is 13.1 Å². The van der Waals surface area contributed by atoms with E-state index in [4.69, 9.17) is 0 Å². The van der Waals surface area contributed by atoms with Crippen LogP contribution in [0.3, 0.4) is 0 Å². The zero-order valence-electron chi connectivity index (χ0n) is 10.8. The third-order valence-corrected chi connectivity index (χ3v) is 2.23. The van der Waals surface area contributed by atoms with Gasteiger partial charge in [0.2, 0.25) is 0 Å². The maximum absolute atomic E-state index is 13.6. The molecule has 1 aromatic rings. The van der Waals surface area contributed by atoms with Crippen LogP contribution in [-0.4, -0.2) is 35.6 Å². The first kappa shape index (κ1) is 15.3. The number of hydrogen-bond acceptors (Lipinski definition) is 5. The largest absolute Gasteiger partial charge is 0.449 e. The Labute approximate surface area is 113 Å². The first-order valence-electron chi connectivity index (χ1n) is 5.52. The molecule has 9 heteroatoms. The topological polar surface area (TPSA) is 102 Å². The molecule has 1 rings (SSSR count). The molecule has 0 saturated heterocycles. The minimum absolute atomic E-state index is 0.111. The third kappa shape index (κ3) is 3.64. The summed E-state index contributed by atoms with van der Waals surface area (Å²) in [6.07, 6.45) is -0.870. The van der Waals surface area contributed by atoms with E-state index in [-0.39, 0.29) is 6.61 Å². The van der Waals surface area contributed by atoms with Gasteiger partial charge in [0.15, 0.2) is 0 Å². The molecule has 2 amide bonds. The van der Waals surface area contributed by atoms with E-state index in [0.717, 1.165) is 17.1 Å². The smallest absolute Gasteiger partial charge is 0.426 e. The Morgan fingerprint density at radius 2 is 2.15 bits per heavy atom. The van der Waals surface area contributed by atoms with Gasteiger partial charge in [-0.25, -0.2) is 14.6 Å². The van der Waals surface area contributed by atoms with Crippen molar-refractivity contribution in [2.75, 3.05) is 13.7 Å². The van der Waals surface area contributed by atoms with Crippen molar-refractivity contribution in [1.29, 1.82) is 0 Å². The van der Waals surface area contributed by atoms with Crippen LogP contribution in [0.1, 0.15) is 17.3 Å².